The first-order valence-corrected chi connectivity index (χ1v) is 14.1. The van der Waals surface area contributed by atoms with E-state index in [0.717, 1.165) is 11.0 Å². The van der Waals surface area contributed by atoms with Crippen LogP contribution < -0.4 is 9.64 Å². The van der Waals surface area contributed by atoms with Gasteiger partial charge in [-0.15, -0.1) is 23.7 Å². The summed E-state index contributed by atoms with van der Waals surface area (Å²) < 4.78 is 67.2. The highest BCUT2D eigenvalue weighted by Gasteiger charge is 2.36. The smallest absolute Gasteiger partial charge is 0.426 e. The van der Waals surface area contributed by atoms with Gasteiger partial charge in [-0.2, -0.15) is 13.2 Å². The third kappa shape index (κ3) is 8.63. The maximum absolute atomic E-state index is 15.1. The lowest BCUT2D eigenvalue weighted by atomic mass is 10.1. The Morgan fingerprint density at radius 3 is 2.36 bits per heavy atom. The molecule has 0 saturated carbocycles. The van der Waals surface area contributed by atoms with Crippen molar-refractivity contribution >= 4 is 47.4 Å². The summed E-state index contributed by atoms with van der Waals surface area (Å²) in [6.45, 7) is 4.05. The monoisotopic (exact) mass is 658 g/mol. The molecule has 0 atom stereocenters. The number of thiophene rings is 1. The lowest BCUT2D eigenvalue weighted by Gasteiger charge is -2.28. The fourth-order valence-electron chi connectivity index (χ4n) is 4.50. The average molecular weight is 659 g/mol. The number of rotatable bonds is 9. The number of carbonyl (C=O) groups is 3. The van der Waals surface area contributed by atoms with Crippen molar-refractivity contribution in [2.45, 2.75) is 52.0 Å². The molecule has 0 unspecified atom stereocenters. The molecule has 0 saturated heterocycles. The summed E-state index contributed by atoms with van der Waals surface area (Å²) in [6.07, 6.45) is -5.49. The fourth-order valence-corrected chi connectivity index (χ4v) is 5.46. The summed E-state index contributed by atoms with van der Waals surface area (Å²) in [7, 11) is 0. The van der Waals surface area contributed by atoms with Crippen LogP contribution in [0.25, 0.3) is 11.1 Å². The molecular weight excluding hydrogens is 628 g/mol. The van der Waals surface area contributed by atoms with E-state index in [1.165, 1.54) is 17.0 Å². The first-order valence-electron chi connectivity index (χ1n) is 13.3. The molecule has 2 amide bonds. The van der Waals surface area contributed by atoms with Crippen molar-refractivity contribution < 1.29 is 46.5 Å². The van der Waals surface area contributed by atoms with Crippen LogP contribution >= 0.6 is 23.7 Å². The number of aliphatic carboxylic acids is 1. The van der Waals surface area contributed by atoms with Gasteiger partial charge in [0.15, 0.2) is 11.6 Å². The standard InChI is InChI=1S/C30H30F4N2O6S.ClH/c1-29(2,3)42-28(40)35(11-10-26(38)39)16-25(37)36-12-9-19-13-24(22(31)15-23(19)36)41-17-20-14-21(18-7-5-4-6-8-18)27(43-20)30(32,33)34;/h4-8,13-15H,9-12,16-17H2,1-3H3,(H,38,39);1H. The van der Waals surface area contributed by atoms with Crippen LogP contribution in [0.4, 0.5) is 28.0 Å². The summed E-state index contributed by atoms with van der Waals surface area (Å²) in [6, 6.07) is 12.0. The average Bonchev–Trinajstić information content (AvgIpc) is 3.53. The van der Waals surface area contributed by atoms with Gasteiger partial charge in [-0.25, -0.2) is 9.18 Å². The molecule has 0 aliphatic carbocycles. The van der Waals surface area contributed by atoms with Gasteiger partial charge >= 0.3 is 18.2 Å². The van der Waals surface area contributed by atoms with Gasteiger partial charge < -0.3 is 19.5 Å². The third-order valence-electron chi connectivity index (χ3n) is 6.40. The van der Waals surface area contributed by atoms with E-state index in [1.54, 1.807) is 51.1 Å². The Kier molecular flexibility index (Phi) is 10.9. The number of amides is 2. The minimum atomic E-state index is -4.57. The van der Waals surface area contributed by atoms with Crippen molar-refractivity contribution in [1.82, 2.24) is 4.90 Å². The molecule has 14 heteroatoms. The molecular formula is C30H31ClF4N2O6S. The Balaban J connectivity index is 0.00000529. The molecule has 1 N–H and O–H groups in total. The Bertz CT molecular complexity index is 1510. The van der Waals surface area contributed by atoms with Gasteiger partial charge in [-0.3, -0.25) is 14.5 Å². The minimum absolute atomic E-state index is 0. The number of ether oxygens (including phenoxy) is 2. The van der Waals surface area contributed by atoms with E-state index in [1.807, 2.05) is 0 Å². The predicted molar refractivity (Wildman–Crippen MR) is 159 cm³/mol. The first kappa shape index (κ1) is 34.6. The number of alkyl halides is 3. The van der Waals surface area contributed by atoms with Crippen molar-refractivity contribution in [3.05, 3.63) is 69.7 Å². The number of carboxylic acids is 1. The van der Waals surface area contributed by atoms with E-state index in [-0.39, 0.29) is 54.0 Å². The number of hydrogen-bond acceptors (Lipinski definition) is 6. The van der Waals surface area contributed by atoms with Crippen LogP contribution in [0.15, 0.2) is 48.5 Å². The summed E-state index contributed by atoms with van der Waals surface area (Å²) in [4.78, 5) is 38.6. The highest BCUT2D eigenvalue weighted by atomic mass is 35.5. The van der Waals surface area contributed by atoms with E-state index in [4.69, 9.17) is 14.6 Å². The van der Waals surface area contributed by atoms with Gasteiger partial charge in [0.05, 0.1) is 12.1 Å². The number of anilines is 1. The zero-order chi connectivity index (χ0) is 31.5. The maximum atomic E-state index is 15.1. The highest BCUT2D eigenvalue weighted by Crippen LogP contribution is 2.43. The van der Waals surface area contributed by atoms with Gasteiger partial charge in [0.25, 0.3) is 0 Å². The minimum Gasteiger partial charge on any atom is -0.485 e. The molecule has 2 heterocycles. The number of halogens is 5. The van der Waals surface area contributed by atoms with E-state index < -0.39 is 53.4 Å². The van der Waals surface area contributed by atoms with Crippen LogP contribution in [-0.4, -0.2) is 53.2 Å². The molecule has 0 bridgehead atoms. The molecule has 1 aliphatic rings. The number of carbonyl (C=O) groups excluding carboxylic acids is 2. The number of carboxylic acid groups (broad SMARTS) is 1. The molecule has 8 nitrogen and oxygen atoms in total. The Morgan fingerprint density at radius 2 is 1.75 bits per heavy atom. The van der Waals surface area contributed by atoms with Crippen LogP contribution in [0.1, 0.15) is 42.5 Å². The molecule has 1 aromatic heterocycles. The van der Waals surface area contributed by atoms with Crippen molar-refractivity contribution in [1.29, 1.82) is 0 Å². The van der Waals surface area contributed by atoms with E-state index in [9.17, 15) is 27.6 Å². The van der Waals surface area contributed by atoms with Crippen LogP contribution in [0.2, 0.25) is 0 Å². The van der Waals surface area contributed by atoms with E-state index in [2.05, 4.69) is 0 Å². The van der Waals surface area contributed by atoms with Crippen molar-refractivity contribution in [3.8, 4) is 16.9 Å². The second-order valence-electron chi connectivity index (χ2n) is 10.9. The normalized spacial score (nSPS) is 12.8. The lowest BCUT2D eigenvalue weighted by Crippen LogP contribution is -2.45. The Labute approximate surface area is 261 Å². The molecule has 238 valence electrons. The summed E-state index contributed by atoms with van der Waals surface area (Å²) in [5.74, 6) is -2.71. The zero-order valence-corrected chi connectivity index (χ0v) is 25.7. The third-order valence-corrected chi connectivity index (χ3v) is 7.55. The molecule has 0 spiro atoms. The summed E-state index contributed by atoms with van der Waals surface area (Å²) in [5.41, 5.74) is 0.385. The van der Waals surface area contributed by atoms with Crippen LogP contribution in [-0.2, 0) is 33.5 Å². The maximum Gasteiger partial charge on any atom is 0.426 e. The van der Waals surface area contributed by atoms with Gasteiger partial charge in [0, 0.05) is 29.6 Å². The lowest BCUT2D eigenvalue weighted by molar-refractivity contribution is -0.137. The molecule has 0 radical (unpaired) electrons. The number of fused-ring (bicyclic) bond motifs is 1. The Morgan fingerprint density at radius 1 is 1.07 bits per heavy atom. The number of nitrogens with zero attached hydrogens (tertiary/aromatic N) is 2. The fraction of sp³-hybridized carbons (Fsp3) is 0.367. The quantitative estimate of drug-likeness (QED) is 0.245. The molecule has 44 heavy (non-hydrogen) atoms. The first-order chi connectivity index (χ1) is 20.1. The Hall–Kier alpha value is -3.84. The van der Waals surface area contributed by atoms with Gasteiger partial charge in [0.2, 0.25) is 5.91 Å². The zero-order valence-electron chi connectivity index (χ0n) is 24.1. The van der Waals surface area contributed by atoms with Gasteiger partial charge in [-0.1, -0.05) is 30.3 Å². The largest absolute Gasteiger partial charge is 0.485 e. The molecule has 0 fully saturated rings. The number of hydrogen-bond donors (Lipinski definition) is 1. The molecule has 1 aliphatic heterocycles. The van der Waals surface area contributed by atoms with E-state index in [0.29, 0.717) is 28.9 Å². The second kappa shape index (κ2) is 13.9. The van der Waals surface area contributed by atoms with Gasteiger partial charge in [0.1, 0.15) is 23.6 Å². The molecule has 3 aromatic rings. The van der Waals surface area contributed by atoms with Crippen LogP contribution in [0.5, 0.6) is 5.75 Å². The molecule has 4 rings (SSSR count). The van der Waals surface area contributed by atoms with E-state index >= 15 is 4.39 Å². The highest BCUT2D eigenvalue weighted by molar-refractivity contribution is 7.12. The SMILES string of the molecule is CC(C)(C)OC(=O)N(CCC(=O)O)CC(=O)N1CCc2cc(OCc3cc(-c4ccccc4)c(C(F)(F)F)s3)c(F)cc21.Cl. The van der Waals surface area contributed by atoms with Crippen molar-refractivity contribution in [2.75, 3.05) is 24.5 Å². The summed E-state index contributed by atoms with van der Waals surface area (Å²) in [5, 5.41) is 9.05. The number of benzene rings is 2. The topological polar surface area (TPSA) is 96.4 Å². The van der Waals surface area contributed by atoms with Crippen LogP contribution in [0, 0.1) is 5.82 Å². The van der Waals surface area contributed by atoms with Crippen LogP contribution in [0.3, 0.4) is 0 Å². The van der Waals surface area contributed by atoms with Gasteiger partial charge in [-0.05, 0) is 50.5 Å². The summed E-state index contributed by atoms with van der Waals surface area (Å²) >= 11 is 0.528. The molecule has 2 aromatic carbocycles. The second-order valence-corrected chi connectivity index (χ2v) is 12.0. The predicted octanol–water partition coefficient (Wildman–Crippen LogP) is 7.17. The van der Waals surface area contributed by atoms with Crippen molar-refractivity contribution in [2.24, 2.45) is 0 Å². The van der Waals surface area contributed by atoms with Crippen molar-refractivity contribution in [3.63, 3.8) is 0 Å².